The fraction of sp³-hybridized carbons (Fsp3) is 0.600. The van der Waals surface area contributed by atoms with E-state index in [2.05, 4.69) is 9.97 Å². The van der Waals surface area contributed by atoms with Crippen LogP contribution in [0.5, 0.6) is 0 Å². The van der Waals surface area contributed by atoms with E-state index < -0.39 is 83.5 Å². The van der Waals surface area contributed by atoms with Crippen molar-refractivity contribution in [1.82, 2.24) is 14.5 Å². The number of aryl methyl sites for hydroxylation is 1. The summed E-state index contributed by atoms with van der Waals surface area (Å²) < 4.78 is 186. The minimum atomic E-state index is -7.01. The van der Waals surface area contributed by atoms with Crippen molar-refractivity contribution in [3.63, 3.8) is 0 Å². The third-order valence-electron chi connectivity index (χ3n) is 4.38. The maximum Gasteiger partial charge on any atom is 0.460 e. The Morgan fingerprint density at radius 1 is 0.758 bits per heavy atom. The number of aliphatic hydroxyl groups is 1. The van der Waals surface area contributed by atoms with Gasteiger partial charge in [0.05, 0.1) is 12.2 Å². The normalized spacial score (nSPS) is 14.9. The summed E-state index contributed by atoms with van der Waals surface area (Å²) in [5, 5.41) is 8.94. The number of nitrogens with zero attached hydrogens (tertiary/aromatic N) is 3. The summed E-state index contributed by atoms with van der Waals surface area (Å²) in [6.45, 7) is -0.915. The molecule has 2 heterocycles. The molecule has 4 nitrogen and oxygen atoms in total. The highest BCUT2D eigenvalue weighted by atomic mass is 19.4. The number of aliphatic hydroxyl groups excluding tert-OH is 1. The van der Waals surface area contributed by atoms with E-state index in [1.165, 1.54) is 0 Å². The number of imidazole rings is 1. The van der Waals surface area contributed by atoms with Gasteiger partial charge in [-0.05, 0) is 13.0 Å². The molecule has 0 aliphatic rings. The van der Waals surface area contributed by atoms with Gasteiger partial charge in [-0.3, -0.25) is 0 Å². The summed E-state index contributed by atoms with van der Waals surface area (Å²) in [5.41, 5.74) is -8.71. The molecule has 0 bridgehead atoms. The van der Waals surface area contributed by atoms with E-state index in [4.69, 9.17) is 5.11 Å². The van der Waals surface area contributed by atoms with Gasteiger partial charge in [0, 0.05) is 6.54 Å². The average Bonchev–Trinajstić information content (AvgIpc) is 2.94. The van der Waals surface area contributed by atoms with Gasteiger partial charge in [0.1, 0.15) is 17.0 Å². The molecule has 1 N–H and O–H groups in total. The van der Waals surface area contributed by atoms with Gasteiger partial charge in [-0.25, -0.2) is 9.97 Å². The monoisotopic (exact) mass is 513 g/mol. The molecule has 0 fully saturated rings. The highest BCUT2D eigenvalue weighted by molar-refractivity contribution is 5.77. The highest BCUT2D eigenvalue weighted by Gasteiger charge is 2.76. The summed E-state index contributed by atoms with van der Waals surface area (Å²) in [6, 6.07) is -1.11. The second-order valence-electron chi connectivity index (χ2n) is 6.55. The second kappa shape index (κ2) is 7.56. The maximum atomic E-state index is 14.3. The lowest BCUT2D eigenvalue weighted by atomic mass is 9.97. The number of hydrogen-bond acceptors (Lipinski definition) is 3. The number of fused-ring (bicyclic) bond motifs is 1. The first-order valence-electron chi connectivity index (χ1n) is 8.20. The van der Waals surface area contributed by atoms with Crippen molar-refractivity contribution in [2.45, 2.75) is 49.5 Å². The predicted octanol–water partition coefficient (Wildman–Crippen LogP) is 5.31. The predicted molar refractivity (Wildman–Crippen MR) is 79.1 cm³/mol. The van der Waals surface area contributed by atoms with E-state index in [1.807, 2.05) is 0 Å². The van der Waals surface area contributed by atoms with Crippen LogP contribution >= 0.6 is 0 Å². The maximum absolute atomic E-state index is 14.3. The van der Waals surface area contributed by atoms with Crippen LogP contribution in [-0.4, -0.2) is 50.4 Å². The van der Waals surface area contributed by atoms with Gasteiger partial charge in [-0.15, -0.1) is 0 Å². The van der Waals surface area contributed by atoms with E-state index in [-0.39, 0.29) is 0 Å². The molecule has 0 aromatic carbocycles. The average molecular weight is 513 g/mol. The fourth-order valence-electron chi connectivity index (χ4n) is 2.65. The van der Waals surface area contributed by atoms with Crippen molar-refractivity contribution in [2.75, 3.05) is 6.61 Å². The van der Waals surface area contributed by atoms with E-state index >= 15 is 0 Å². The van der Waals surface area contributed by atoms with E-state index in [1.54, 1.807) is 0 Å². The first-order valence-corrected chi connectivity index (χ1v) is 8.20. The molecule has 0 aliphatic carbocycles. The summed E-state index contributed by atoms with van der Waals surface area (Å²) in [4.78, 5) is 5.87. The van der Waals surface area contributed by atoms with Gasteiger partial charge in [-0.2, -0.15) is 61.5 Å². The Hall–Kier alpha value is -2.40. The van der Waals surface area contributed by atoms with Crippen LogP contribution in [0, 0.1) is 6.92 Å². The van der Waals surface area contributed by atoms with Gasteiger partial charge >= 0.3 is 36.0 Å². The highest BCUT2D eigenvalue weighted by Crippen LogP contribution is 2.55. The molecule has 0 spiro atoms. The van der Waals surface area contributed by atoms with Gasteiger partial charge in [0.15, 0.2) is 5.65 Å². The molecule has 2 rings (SSSR count). The molecule has 188 valence electrons. The molecular weight excluding hydrogens is 504 g/mol. The SMILES string of the molecule is Cc1nc2c(C(F)(F)C(F)(F)C(F)(F)F)cc(C(F)(F)C(F)(F)C(F)(F)F)nc2n1CCO. The molecule has 18 heteroatoms. The molecule has 2 aromatic rings. The largest absolute Gasteiger partial charge is 0.460 e. The minimum absolute atomic E-state index is 0.367. The third-order valence-corrected chi connectivity index (χ3v) is 4.38. The number of rotatable bonds is 6. The number of alkyl halides is 14. The standard InChI is InChI=1S/C15H9F14N3O/c1-5-30-8-6(10(16,17)12(20,21)14(24,25)26)4-7(31-9(8)32(5)2-3-33)11(18,19)13(22,23)15(27,28)29/h4,33H,2-3H2,1H3. The van der Waals surface area contributed by atoms with Gasteiger partial charge in [0.25, 0.3) is 0 Å². The second-order valence-corrected chi connectivity index (χ2v) is 6.55. The zero-order chi connectivity index (χ0) is 26.0. The van der Waals surface area contributed by atoms with Gasteiger partial charge < -0.3 is 9.67 Å². The lowest BCUT2D eigenvalue weighted by molar-refractivity contribution is -0.361. The molecule has 0 unspecified atom stereocenters. The fourth-order valence-corrected chi connectivity index (χ4v) is 2.65. The van der Waals surface area contributed by atoms with Crippen molar-refractivity contribution in [2.24, 2.45) is 0 Å². The van der Waals surface area contributed by atoms with Crippen LogP contribution in [0.25, 0.3) is 11.2 Å². The molecule has 0 saturated carbocycles. The molecule has 0 radical (unpaired) electrons. The zero-order valence-electron chi connectivity index (χ0n) is 15.6. The summed E-state index contributed by atoms with van der Waals surface area (Å²) in [6.07, 6.45) is -14.0. The van der Waals surface area contributed by atoms with Crippen molar-refractivity contribution in [3.05, 3.63) is 23.1 Å². The Kier molecular flexibility index (Phi) is 6.15. The molecule has 2 aromatic heterocycles. The molecule has 0 amide bonds. The molecule has 33 heavy (non-hydrogen) atoms. The van der Waals surface area contributed by atoms with Crippen molar-refractivity contribution >= 4 is 11.2 Å². The quantitative estimate of drug-likeness (QED) is 0.533. The van der Waals surface area contributed by atoms with Crippen LogP contribution in [0.15, 0.2) is 6.07 Å². The topological polar surface area (TPSA) is 50.9 Å². The van der Waals surface area contributed by atoms with Crippen LogP contribution in [0.3, 0.4) is 0 Å². The van der Waals surface area contributed by atoms with E-state index in [0.717, 1.165) is 6.92 Å². The summed E-state index contributed by atoms with van der Waals surface area (Å²) in [7, 11) is 0. The Balaban J connectivity index is 3.02. The van der Waals surface area contributed by atoms with Crippen LogP contribution < -0.4 is 0 Å². The Labute approximate surface area is 172 Å². The lowest BCUT2D eigenvalue weighted by Crippen LogP contribution is -2.51. The summed E-state index contributed by atoms with van der Waals surface area (Å²) >= 11 is 0. The van der Waals surface area contributed by atoms with Gasteiger partial charge in [-0.1, -0.05) is 0 Å². The number of halogens is 14. The molecule has 0 atom stereocenters. The number of hydrogen-bond donors (Lipinski definition) is 1. The first kappa shape index (κ1) is 26.8. The minimum Gasteiger partial charge on any atom is -0.395 e. The van der Waals surface area contributed by atoms with Crippen molar-refractivity contribution < 1.29 is 66.6 Å². The number of pyridine rings is 1. The van der Waals surface area contributed by atoms with E-state index in [9.17, 15) is 61.5 Å². The van der Waals surface area contributed by atoms with Crippen LogP contribution in [0.4, 0.5) is 61.5 Å². The van der Waals surface area contributed by atoms with Gasteiger partial charge in [0.2, 0.25) is 0 Å². The van der Waals surface area contributed by atoms with Crippen LogP contribution in [0.1, 0.15) is 17.1 Å². The first-order chi connectivity index (χ1) is 14.6. The Bertz CT molecular complexity index is 1040. The van der Waals surface area contributed by atoms with Crippen molar-refractivity contribution in [3.8, 4) is 0 Å². The summed E-state index contributed by atoms with van der Waals surface area (Å²) in [5.74, 6) is -27.6. The lowest BCUT2D eigenvalue weighted by Gasteiger charge is -2.30. The zero-order valence-corrected chi connectivity index (χ0v) is 15.6. The smallest absolute Gasteiger partial charge is 0.395 e. The third kappa shape index (κ3) is 3.84. The van der Waals surface area contributed by atoms with Crippen molar-refractivity contribution in [1.29, 1.82) is 0 Å². The molecule has 0 saturated heterocycles. The van der Waals surface area contributed by atoms with Crippen LogP contribution in [-0.2, 0) is 18.4 Å². The van der Waals surface area contributed by atoms with E-state index in [0.29, 0.717) is 4.57 Å². The van der Waals surface area contributed by atoms with Crippen LogP contribution in [0.2, 0.25) is 0 Å². The Morgan fingerprint density at radius 2 is 1.21 bits per heavy atom. The molecular formula is C15H9F14N3O. The Morgan fingerprint density at radius 3 is 1.64 bits per heavy atom. The molecule has 0 aliphatic heterocycles. The number of aromatic nitrogens is 3.